The summed E-state index contributed by atoms with van der Waals surface area (Å²) >= 11 is 6.85. The third-order valence-electron chi connectivity index (χ3n) is 2.38. The molecule has 0 saturated heterocycles. The molecule has 1 aromatic rings. The average molecular weight is 316 g/mol. The monoisotopic (exact) mass is 315 g/mol. The van der Waals surface area contributed by atoms with E-state index in [0.29, 0.717) is 10.6 Å². The van der Waals surface area contributed by atoms with Crippen molar-refractivity contribution in [1.82, 2.24) is 5.32 Å². The topological polar surface area (TPSA) is 83.5 Å². The largest absolute Gasteiger partial charge is 0.480 e. The maximum Gasteiger partial charge on any atom is 0.325 e. The summed E-state index contributed by atoms with van der Waals surface area (Å²) in [4.78, 5) is 33.7. The number of carboxylic acids is 1. The van der Waals surface area contributed by atoms with Gasteiger partial charge in [-0.3, -0.25) is 14.4 Å². The molecule has 0 fully saturated rings. The summed E-state index contributed by atoms with van der Waals surface area (Å²) in [7, 11) is 0. The highest BCUT2D eigenvalue weighted by Gasteiger charge is 2.14. The molecule has 1 atom stereocenters. The van der Waals surface area contributed by atoms with Crippen LogP contribution in [0.25, 0.3) is 0 Å². The second-order valence-electron chi connectivity index (χ2n) is 4.05. The first kappa shape index (κ1) is 16.5. The van der Waals surface area contributed by atoms with E-state index in [-0.39, 0.29) is 17.3 Å². The first-order valence-corrected chi connectivity index (χ1v) is 7.32. The van der Waals surface area contributed by atoms with Gasteiger partial charge in [0.2, 0.25) is 5.91 Å². The molecule has 1 aromatic carbocycles. The first-order chi connectivity index (χ1) is 9.40. The maximum atomic E-state index is 11.8. The number of hydrogen-bond acceptors (Lipinski definition) is 4. The van der Waals surface area contributed by atoms with Crippen LogP contribution in [-0.2, 0) is 9.59 Å². The Balaban J connectivity index is 2.33. The Morgan fingerprint density at radius 1 is 1.25 bits per heavy atom. The van der Waals surface area contributed by atoms with Crippen molar-refractivity contribution < 1.29 is 19.5 Å². The van der Waals surface area contributed by atoms with E-state index in [1.165, 1.54) is 6.92 Å². The third-order valence-corrected chi connectivity index (χ3v) is 3.57. The van der Waals surface area contributed by atoms with E-state index in [4.69, 9.17) is 16.7 Å². The van der Waals surface area contributed by atoms with Crippen LogP contribution in [0.15, 0.2) is 24.3 Å². The van der Waals surface area contributed by atoms with Crippen LogP contribution in [0.3, 0.4) is 0 Å². The molecule has 108 valence electrons. The average Bonchev–Trinajstić information content (AvgIpc) is 2.39. The number of carbonyl (C=O) groups is 3. The number of hydrogen-bond donors (Lipinski definition) is 2. The van der Waals surface area contributed by atoms with Crippen molar-refractivity contribution in [1.29, 1.82) is 0 Å². The van der Waals surface area contributed by atoms with E-state index in [9.17, 15) is 14.4 Å². The van der Waals surface area contributed by atoms with Crippen molar-refractivity contribution in [2.45, 2.75) is 13.0 Å². The molecule has 2 N–H and O–H groups in total. The number of benzene rings is 1. The van der Waals surface area contributed by atoms with Gasteiger partial charge in [0.1, 0.15) is 6.04 Å². The summed E-state index contributed by atoms with van der Waals surface area (Å²) in [5.41, 5.74) is 0.529. The van der Waals surface area contributed by atoms with Crippen LogP contribution in [0.5, 0.6) is 0 Å². The van der Waals surface area contributed by atoms with Crippen molar-refractivity contribution in [2.24, 2.45) is 0 Å². The summed E-state index contributed by atoms with van der Waals surface area (Å²) in [5.74, 6) is -1.42. The van der Waals surface area contributed by atoms with Crippen LogP contribution in [0.1, 0.15) is 17.3 Å². The molecule has 7 heteroatoms. The fourth-order valence-corrected chi connectivity index (χ4v) is 2.15. The predicted octanol–water partition coefficient (Wildman–Crippen LogP) is 1.85. The molecule has 5 nitrogen and oxygen atoms in total. The van der Waals surface area contributed by atoms with Crippen LogP contribution < -0.4 is 5.32 Å². The number of halogens is 1. The van der Waals surface area contributed by atoms with Gasteiger partial charge in [-0.2, -0.15) is 0 Å². The molecule has 0 aliphatic rings. The van der Waals surface area contributed by atoms with E-state index in [0.717, 1.165) is 11.8 Å². The lowest BCUT2D eigenvalue weighted by molar-refractivity contribution is -0.140. The van der Waals surface area contributed by atoms with Gasteiger partial charge in [0.25, 0.3) is 0 Å². The van der Waals surface area contributed by atoms with E-state index in [1.54, 1.807) is 24.3 Å². The Hall–Kier alpha value is -1.53. The van der Waals surface area contributed by atoms with Gasteiger partial charge in [-0.25, -0.2) is 0 Å². The Morgan fingerprint density at radius 2 is 1.85 bits per heavy atom. The number of nitrogens with one attached hydrogen (secondary N) is 1. The van der Waals surface area contributed by atoms with Gasteiger partial charge >= 0.3 is 5.97 Å². The van der Waals surface area contributed by atoms with Crippen molar-refractivity contribution in [3.05, 3.63) is 34.9 Å². The lowest BCUT2D eigenvalue weighted by atomic mass is 10.1. The molecular weight excluding hydrogens is 302 g/mol. The predicted molar refractivity (Wildman–Crippen MR) is 78.3 cm³/mol. The standard InChI is InChI=1S/C13H14ClNO4S/c1-8(13(18)19)15-12(17)7-20-6-11(16)9-2-4-10(14)5-3-9/h2-5,8H,6-7H2,1H3,(H,15,17)(H,18,19)/t8-/m0/s1. The molecule has 0 aliphatic heterocycles. The molecule has 0 unspecified atom stereocenters. The maximum absolute atomic E-state index is 11.8. The second kappa shape index (κ2) is 7.91. The molecule has 1 rings (SSSR count). The lowest BCUT2D eigenvalue weighted by Crippen LogP contribution is -2.39. The molecule has 0 aliphatic carbocycles. The molecule has 0 radical (unpaired) electrons. The summed E-state index contributed by atoms with van der Waals surface area (Å²) in [5, 5.41) is 11.5. The van der Waals surface area contributed by atoms with Crippen molar-refractivity contribution in [3.8, 4) is 0 Å². The quantitative estimate of drug-likeness (QED) is 0.750. The number of amides is 1. The zero-order chi connectivity index (χ0) is 15.1. The summed E-state index contributed by atoms with van der Waals surface area (Å²) in [6.07, 6.45) is 0. The van der Waals surface area contributed by atoms with Crippen LogP contribution in [0.4, 0.5) is 0 Å². The van der Waals surface area contributed by atoms with Gasteiger partial charge in [0, 0.05) is 10.6 Å². The molecule has 0 saturated carbocycles. The number of rotatable bonds is 7. The minimum Gasteiger partial charge on any atom is -0.480 e. The van der Waals surface area contributed by atoms with E-state index in [2.05, 4.69) is 5.32 Å². The summed E-state index contributed by atoms with van der Waals surface area (Å²) < 4.78 is 0. The second-order valence-corrected chi connectivity index (χ2v) is 5.47. The van der Waals surface area contributed by atoms with Gasteiger partial charge in [-0.15, -0.1) is 11.8 Å². The minimum absolute atomic E-state index is 0.0386. The Bertz CT molecular complexity index is 504. The van der Waals surface area contributed by atoms with Crippen molar-refractivity contribution in [3.63, 3.8) is 0 Å². The number of carbonyl (C=O) groups excluding carboxylic acids is 2. The van der Waals surface area contributed by atoms with Gasteiger partial charge in [-0.05, 0) is 31.2 Å². The Morgan fingerprint density at radius 3 is 2.40 bits per heavy atom. The number of thioether (sulfide) groups is 1. The van der Waals surface area contributed by atoms with Crippen molar-refractivity contribution in [2.75, 3.05) is 11.5 Å². The van der Waals surface area contributed by atoms with Crippen LogP contribution in [-0.4, -0.2) is 40.3 Å². The van der Waals surface area contributed by atoms with Crippen molar-refractivity contribution >= 4 is 41.0 Å². The smallest absolute Gasteiger partial charge is 0.325 e. The lowest BCUT2D eigenvalue weighted by Gasteiger charge is -2.08. The van der Waals surface area contributed by atoms with Gasteiger partial charge in [-0.1, -0.05) is 11.6 Å². The van der Waals surface area contributed by atoms with Crippen LogP contribution in [0, 0.1) is 0 Å². The number of carboxylic acid groups (broad SMARTS) is 1. The van der Waals surface area contributed by atoms with Gasteiger partial charge < -0.3 is 10.4 Å². The van der Waals surface area contributed by atoms with E-state index >= 15 is 0 Å². The SMILES string of the molecule is C[C@H](NC(=O)CSCC(=O)c1ccc(Cl)cc1)C(=O)O. The van der Waals surface area contributed by atoms with Gasteiger partial charge in [0.05, 0.1) is 11.5 Å². The fourth-order valence-electron chi connectivity index (χ4n) is 1.30. The molecule has 0 spiro atoms. The fraction of sp³-hybridized carbons (Fsp3) is 0.308. The highest BCUT2D eigenvalue weighted by molar-refractivity contribution is 8.00. The normalized spacial score (nSPS) is 11.7. The van der Waals surface area contributed by atoms with Crippen LogP contribution >= 0.6 is 23.4 Å². The Labute approximate surface area is 125 Å². The molecule has 0 aromatic heterocycles. The Kier molecular flexibility index (Phi) is 6.54. The molecule has 0 bridgehead atoms. The van der Waals surface area contributed by atoms with E-state index < -0.39 is 17.9 Å². The van der Waals surface area contributed by atoms with Gasteiger partial charge in [0.15, 0.2) is 5.78 Å². The number of aliphatic carboxylic acids is 1. The molecule has 0 heterocycles. The molecular formula is C13H14ClNO4S. The highest BCUT2D eigenvalue weighted by atomic mass is 35.5. The highest BCUT2D eigenvalue weighted by Crippen LogP contribution is 2.12. The van der Waals surface area contributed by atoms with Crippen LogP contribution in [0.2, 0.25) is 5.02 Å². The number of ketones is 1. The minimum atomic E-state index is -1.10. The number of Topliss-reactive ketones (excluding diaryl/α,β-unsaturated/α-hetero) is 1. The molecule has 20 heavy (non-hydrogen) atoms. The zero-order valence-corrected chi connectivity index (χ0v) is 12.3. The summed E-state index contributed by atoms with van der Waals surface area (Å²) in [6.45, 7) is 1.38. The summed E-state index contributed by atoms with van der Waals surface area (Å²) in [6, 6.07) is 5.56. The first-order valence-electron chi connectivity index (χ1n) is 5.79. The van der Waals surface area contributed by atoms with E-state index in [1.807, 2.05) is 0 Å². The molecule has 1 amide bonds. The zero-order valence-electron chi connectivity index (χ0n) is 10.8. The third kappa shape index (κ3) is 5.63.